The van der Waals surface area contributed by atoms with Gasteiger partial charge in [-0.2, -0.15) is 0 Å². The third kappa shape index (κ3) is 5.17. The monoisotopic (exact) mass is 708 g/mol. The number of fused-ring (bicyclic) bond motifs is 4. The quantitative estimate of drug-likeness (QED) is 0.0824. The molecule has 12 heteroatoms. The van der Waals surface area contributed by atoms with Crippen LogP contribution >= 0.6 is 0 Å². The Bertz CT molecular complexity index is 2230. The number of phenols is 7. The first-order valence-corrected chi connectivity index (χ1v) is 16.5. The SMILES string of the molecule is CC(C)=CC[C@]12Oc3cc(O)c([C@@H]4C=C(C)C[C@@H](c5ccc(O)cc5O)[C@H]4C(=O)c4cc(O)cc(O)c4)c(O)c3C(=O)[C@]1(O)Oc1cc(O)ccc12. The standard InChI is InChI=1S/C40H36O12/c1-18(2)8-9-39-28-7-5-22(42)16-31(28)52-40(39,50)38(49)35-32(51-39)17-30(46)34(37(35)48)27-11-19(3)10-26(25-6-4-21(41)15-29(25)45)33(27)36(47)20-12-23(43)14-24(44)13-20/h4-8,11-17,26-27,33,41-46,48,50H,9-10H2,1-3H3/t26-,27+,33+,39+,40-/m0/s1. The lowest BCUT2D eigenvalue weighted by molar-refractivity contribution is -0.201. The predicted octanol–water partition coefficient (Wildman–Crippen LogP) is 6.25. The fourth-order valence-electron chi connectivity index (χ4n) is 7.87. The van der Waals surface area contributed by atoms with Gasteiger partial charge in [0.1, 0.15) is 57.3 Å². The summed E-state index contributed by atoms with van der Waals surface area (Å²) in [4.78, 5) is 29.1. The molecule has 4 aromatic carbocycles. The number of carbonyl (C=O) groups is 2. The third-order valence-electron chi connectivity index (χ3n) is 10.2. The molecular formula is C40H36O12. The maximum Gasteiger partial charge on any atom is 0.318 e. The average molecular weight is 709 g/mol. The fourth-order valence-corrected chi connectivity index (χ4v) is 7.87. The largest absolute Gasteiger partial charge is 0.508 e. The highest BCUT2D eigenvalue weighted by molar-refractivity contribution is 6.09. The second kappa shape index (κ2) is 12.0. The van der Waals surface area contributed by atoms with Crippen LogP contribution in [0, 0.1) is 5.92 Å². The zero-order valence-electron chi connectivity index (χ0n) is 28.3. The summed E-state index contributed by atoms with van der Waals surface area (Å²) in [5, 5.41) is 87.7. The van der Waals surface area contributed by atoms with E-state index in [1.165, 1.54) is 30.3 Å². The Kier molecular flexibility index (Phi) is 7.91. The molecule has 0 unspecified atom stereocenters. The summed E-state index contributed by atoms with van der Waals surface area (Å²) in [6.45, 7) is 5.37. The second-order valence-corrected chi connectivity index (χ2v) is 13.9. The number of rotatable bonds is 6. The third-order valence-corrected chi connectivity index (χ3v) is 10.2. The van der Waals surface area contributed by atoms with Crippen molar-refractivity contribution in [2.75, 3.05) is 0 Å². The van der Waals surface area contributed by atoms with E-state index in [1.54, 1.807) is 19.1 Å². The Balaban J connectivity index is 1.43. The lowest BCUT2D eigenvalue weighted by atomic mass is 9.65. The highest BCUT2D eigenvalue weighted by atomic mass is 16.7. The molecule has 0 fully saturated rings. The van der Waals surface area contributed by atoms with Crippen LogP contribution in [-0.2, 0) is 5.60 Å². The zero-order chi connectivity index (χ0) is 37.4. The van der Waals surface area contributed by atoms with Crippen molar-refractivity contribution in [3.05, 3.63) is 112 Å². The molecular weight excluding hydrogens is 672 g/mol. The molecule has 2 aliphatic heterocycles. The van der Waals surface area contributed by atoms with Crippen molar-refractivity contribution >= 4 is 11.6 Å². The molecule has 1 aliphatic carbocycles. The Morgan fingerprint density at radius 3 is 2.17 bits per heavy atom. The van der Waals surface area contributed by atoms with Gasteiger partial charge < -0.3 is 50.3 Å². The van der Waals surface area contributed by atoms with Gasteiger partial charge in [0.25, 0.3) is 0 Å². The first-order chi connectivity index (χ1) is 24.5. The van der Waals surface area contributed by atoms with Gasteiger partial charge in [0.2, 0.25) is 11.4 Å². The van der Waals surface area contributed by atoms with E-state index in [1.807, 2.05) is 13.8 Å². The summed E-state index contributed by atoms with van der Waals surface area (Å²) in [7, 11) is 0. The molecule has 52 heavy (non-hydrogen) atoms. The molecule has 0 saturated carbocycles. The van der Waals surface area contributed by atoms with Gasteiger partial charge in [-0.3, -0.25) is 9.59 Å². The fraction of sp³-hybridized carbons (Fsp3) is 0.250. The molecule has 0 aromatic heterocycles. The summed E-state index contributed by atoms with van der Waals surface area (Å²) in [5.74, 6) is -11.0. The van der Waals surface area contributed by atoms with Crippen LogP contribution in [0.15, 0.2) is 84.0 Å². The number of aromatic hydroxyl groups is 7. The Hall–Kier alpha value is -6.14. The number of hydrogen-bond acceptors (Lipinski definition) is 12. The normalized spacial score (nSPS) is 24.4. The molecule has 5 atom stereocenters. The van der Waals surface area contributed by atoms with Gasteiger partial charge >= 0.3 is 5.79 Å². The van der Waals surface area contributed by atoms with E-state index in [-0.39, 0.29) is 63.8 Å². The zero-order valence-corrected chi connectivity index (χ0v) is 28.3. The number of aliphatic hydroxyl groups is 1. The van der Waals surface area contributed by atoms with Gasteiger partial charge in [0.15, 0.2) is 5.78 Å². The van der Waals surface area contributed by atoms with Crippen molar-refractivity contribution in [3.63, 3.8) is 0 Å². The minimum absolute atomic E-state index is 0.0304. The van der Waals surface area contributed by atoms with Gasteiger partial charge in [0.05, 0.1) is 0 Å². The molecule has 0 saturated heterocycles. The molecule has 12 nitrogen and oxygen atoms in total. The number of hydrogen-bond donors (Lipinski definition) is 8. The number of phenolic OH excluding ortho intramolecular Hbond substituents is 7. The van der Waals surface area contributed by atoms with Gasteiger partial charge in [-0.05, 0) is 63.1 Å². The number of carbonyl (C=O) groups excluding carboxylic acids is 2. The molecule has 8 N–H and O–H groups in total. The molecule has 268 valence electrons. The van der Waals surface area contributed by atoms with E-state index in [0.717, 1.165) is 35.9 Å². The van der Waals surface area contributed by atoms with E-state index < -0.39 is 69.3 Å². The van der Waals surface area contributed by atoms with Crippen LogP contribution in [0.1, 0.15) is 82.9 Å². The maximum atomic E-state index is 14.6. The number of ether oxygens (including phenoxy) is 2. The van der Waals surface area contributed by atoms with Crippen molar-refractivity contribution in [1.82, 2.24) is 0 Å². The molecule has 4 aromatic rings. The summed E-state index contributed by atoms with van der Waals surface area (Å²) in [6, 6.07) is 12.4. The summed E-state index contributed by atoms with van der Waals surface area (Å²) >= 11 is 0. The van der Waals surface area contributed by atoms with Crippen molar-refractivity contribution in [2.45, 2.75) is 56.8 Å². The molecule has 0 amide bonds. The van der Waals surface area contributed by atoms with Crippen LogP contribution in [-0.4, -0.2) is 58.2 Å². The van der Waals surface area contributed by atoms with E-state index in [4.69, 9.17) is 9.47 Å². The maximum absolute atomic E-state index is 14.6. The van der Waals surface area contributed by atoms with E-state index in [0.29, 0.717) is 5.57 Å². The van der Waals surface area contributed by atoms with Crippen LogP contribution in [0.25, 0.3) is 0 Å². The van der Waals surface area contributed by atoms with Gasteiger partial charge in [0, 0.05) is 65.1 Å². The lowest BCUT2D eigenvalue weighted by Gasteiger charge is -2.43. The summed E-state index contributed by atoms with van der Waals surface area (Å²) < 4.78 is 12.3. The van der Waals surface area contributed by atoms with E-state index in [2.05, 4.69) is 0 Å². The molecule has 0 radical (unpaired) electrons. The summed E-state index contributed by atoms with van der Waals surface area (Å²) in [5.41, 5.74) is -0.788. The summed E-state index contributed by atoms with van der Waals surface area (Å²) in [6.07, 6.45) is 3.49. The molecule has 0 spiro atoms. The molecule has 3 aliphatic rings. The highest BCUT2D eigenvalue weighted by Gasteiger charge is 2.70. The Morgan fingerprint density at radius 2 is 1.50 bits per heavy atom. The van der Waals surface area contributed by atoms with Gasteiger partial charge in [-0.25, -0.2) is 0 Å². The van der Waals surface area contributed by atoms with Crippen molar-refractivity contribution in [3.8, 4) is 51.7 Å². The Morgan fingerprint density at radius 1 is 0.827 bits per heavy atom. The molecule has 7 rings (SSSR count). The van der Waals surface area contributed by atoms with Crippen LogP contribution in [0.2, 0.25) is 0 Å². The topological polar surface area (TPSA) is 214 Å². The predicted molar refractivity (Wildman–Crippen MR) is 185 cm³/mol. The average Bonchev–Trinajstić information content (AvgIpc) is 3.30. The Labute approximate surface area is 297 Å². The van der Waals surface area contributed by atoms with Gasteiger partial charge in [-0.15, -0.1) is 0 Å². The van der Waals surface area contributed by atoms with Crippen LogP contribution in [0.3, 0.4) is 0 Å². The number of allylic oxidation sites excluding steroid dienone is 3. The van der Waals surface area contributed by atoms with Crippen molar-refractivity contribution in [2.24, 2.45) is 5.92 Å². The van der Waals surface area contributed by atoms with Gasteiger partial charge in [-0.1, -0.05) is 29.4 Å². The lowest BCUT2D eigenvalue weighted by Crippen LogP contribution is -2.62. The highest BCUT2D eigenvalue weighted by Crippen LogP contribution is 2.60. The number of Topliss-reactive ketones (excluding diaryl/α,β-unsaturated/α-hetero) is 2. The second-order valence-electron chi connectivity index (χ2n) is 13.9. The minimum atomic E-state index is -2.75. The van der Waals surface area contributed by atoms with E-state index >= 15 is 0 Å². The smallest absolute Gasteiger partial charge is 0.318 e. The van der Waals surface area contributed by atoms with Crippen LogP contribution in [0.4, 0.5) is 0 Å². The number of ketones is 2. The minimum Gasteiger partial charge on any atom is -0.508 e. The van der Waals surface area contributed by atoms with Crippen molar-refractivity contribution in [1.29, 1.82) is 0 Å². The molecule has 2 heterocycles. The van der Waals surface area contributed by atoms with Crippen LogP contribution < -0.4 is 9.47 Å². The first kappa shape index (κ1) is 34.3. The van der Waals surface area contributed by atoms with E-state index in [9.17, 15) is 50.4 Å². The van der Waals surface area contributed by atoms with Crippen molar-refractivity contribution < 1.29 is 59.9 Å². The van der Waals surface area contributed by atoms with Crippen LogP contribution in [0.5, 0.6) is 51.7 Å². The number of benzene rings is 4. The first-order valence-electron chi connectivity index (χ1n) is 16.5. The molecule has 0 bridgehead atoms.